The molecule has 0 fully saturated rings. The van der Waals surface area contributed by atoms with Gasteiger partial charge >= 0.3 is 0 Å². The van der Waals surface area contributed by atoms with Crippen LogP contribution >= 0.6 is 0 Å². The molecule has 122 valence electrons. The lowest BCUT2D eigenvalue weighted by Crippen LogP contribution is -2.32. The van der Waals surface area contributed by atoms with E-state index in [-0.39, 0.29) is 17.3 Å². The first-order valence-electron chi connectivity index (χ1n) is 7.16. The summed E-state index contributed by atoms with van der Waals surface area (Å²) >= 11 is 0. The molecule has 0 saturated carbocycles. The van der Waals surface area contributed by atoms with Gasteiger partial charge in [-0.05, 0) is 17.7 Å². The average molecular weight is 326 g/mol. The SMILES string of the molecule is Cn1ccnc1C(NC(=O)c1nccnc1N)c1ccc(F)cc1. The molecule has 1 aromatic carbocycles. The number of hydrogen-bond acceptors (Lipinski definition) is 5. The van der Waals surface area contributed by atoms with Crippen LogP contribution in [0.15, 0.2) is 49.1 Å². The molecule has 3 N–H and O–H groups in total. The molecule has 2 aromatic heterocycles. The smallest absolute Gasteiger partial charge is 0.274 e. The highest BCUT2D eigenvalue weighted by molar-refractivity contribution is 5.96. The number of rotatable bonds is 4. The molecule has 24 heavy (non-hydrogen) atoms. The van der Waals surface area contributed by atoms with Gasteiger partial charge in [0, 0.05) is 31.8 Å². The molecular weight excluding hydrogens is 311 g/mol. The van der Waals surface area contributed by atoms with Crippen molar-refractivity contribution in [3.63, 3.8) is 0 Å². The van der Waals surface area contributed by atoms with Crippen molar-refractivity contribution in [1.82, 2.24) is 24.8 Å². The van der Waals surface area contributed by atoms with Crippen molar-refractivity contribution in [1.29, 1.82) is 0 Å². The molecule has 0 spiro atoms. The highest BCUT2D eigenvalue weighted by atomic mass is 19.1. The van der Waals surface area contributed by atoms with Gasteiger partial charge in [0.1, 0.15) is 17.7 Å². The Labute approximate surface area is 137 Å². The van der Waals surface area contributed by atoms with Crippen molar-refractivity contribution >= 4 is 11.7 Å². The number of hydrogen-bond donors (Lipinski definition) is 2. The lowest BCUT2D eigenvalue weighted by atomic mass is 10.1. The van der Waals surface area contributed by atoms with Crippen LogP contribution in [0.1, 0.15) is 27.9 Å². The van der Waals surface area contributed by atoms with E-state index in [1.807, 2.05) is 7.05 Å². The second-order valence-electron chi connectivity index (χ2n) is 5.14. The summed E-state index contributed by atoms with van der Waals surface area (Å²) in [5.74, 6) is -0.218. The number of halogens is 1. The molecule has 3 rings (SSSR count). The first-order valence-corrected chi connectivity index (χ1v) is 7.16. The van der Waals surface area contributed by atoms with Crippen LogP contribution in [0.3, 0.4) is 0 Å². The Morgan fingerprint density at radius 1 is 1.17 bits per heavy atom. The van der Waals surface area contributed by atoms with Crippen LogP contribution in [-0.2, 0) is 7.05 Å². The highest BCUT2D eigenvalue weighted by Crippen LogP contribution is 2.21. The molecule has 1 amide bonds. The van der Waals surface area contributed by atoms with E-state index in [1.54, 1.807) is 29.1 Å². The molecule has 3 aromatic rings. The zero-order valence-electron chi connectivity index (χ0n) is 12.8. The Balaban J connectivity index is 1.97. The van der Waals surface area contributed by atoms with E-state index in [1.165, 1.54) is 24.5 Å². The number of carbonyl (C=O) groups is 1. The minimum atomic E-state index is -0.584. The van der Waals surface area contributed by atoms with Crippen LogP contribution in [-0.4, -0.2) is 25.4 Å². The summed E-state index contributed by atoms with van der Waals surface area (Å²) in [7, 11) is 1.81. The lowest BCUT2D eigenvalue weighted by molar-refractivity contribution is 0.0937. The Morgan fingerprint density at radius 2 is 1.88 bits per heavy atom. The summed E-state index contributed by atoms with van der Waals surface area (Å²) < 4.78 is 15.0. The van der Waals surface area contributed by atoms with Gasteiger partial charge in [-0.2, -0.15) is 0 Å². The van der Waals surface area contributed by atoms with Crippen LogP contribution in [0, 0.1) is 5.82 Å². The van der Waals surface area contributed by atoms with Gasteiger partial charge in [-0.15, -0.1) is 0 Å². The molecule has 2 heterocycles. The molecule has 0 aliphatic carbocycles. The summed E-state index contributed by atoms with van der Waals surface area (Å²) in [4.78, 5) is 24.6. The van der Waals surface area contributed by atoms with E-state index in [4.69, 9.17) is 5.73 Å². The third kappa shape index (κ3) is 3.07. The minimum absolute atomic E-state index is 0.0267. The van der Waals surface area contributed by atoms with Gasteiger partial charge in [0.2, 0.25) is 0 Å². The van der Waals surface area contributed by atoms with E-state index in [9.17, 15) is 9.18 Å². The predicted molar refractivity (Wildman–Crippen MR) is 85.4 cm³/mol. The number of aromatic nitrogens is 4. The molecular formula is C16H15FN6O. The second kappa shape index (κ2) is 6.45. The van der Waals surface area contributed by atoms with Gasteiger partial charge in [0.15, 0.2) is 11.5 Å². The topological polar surface area (TPSA) is 98.7 Å². The summed E-state index contributed by atoms with van der Waals surface area (Å²) in [5.41, 5.74) is 6.41. The maximum Gasteiger partial charge on any atom is 0.274 e. The number of imidazole rings is 1. The number of amides is 1. The van der Waals surface area contributed by atoms with Crippen LogP contribution in [0.25, 0.3) is 0 Å². The van der Waals surface area contributed by atoms with Crippen molar-refractivity contribution in [3.8, 4) is 0 Å². The zero-order chi connectivity index (χ0) is 17.1. The molecule has 0 bridgehead atoms. The number of carbonyl (C=O) groups excluding carboxylic acids is 1. The van der Waals surface area contributed by atoms with Gasteiger partial charge in [-0.3, -0.25) is 4.79 Å². The third-order valence-electron chi connectivity index (χ3n) is 3.54. The minimum Gasteiger partial charge on any atom is -0.382 e. The quantitative estimate of drug-likeness (QED) is 0.756. The normalized spacial score (nSPS) is 11.9. The number of benzene rings is 1. The molecule has 0 aliphatic rings. The lowest BCUT2D eigenvalue weighted by Gasteiger charge is -2.19. The fourth-order valence-corrected chi connectivity index (χ4v) is 2.33. The number of anilines is 1. The molecule has 0 aliphatic heterocycles. The average Bonchev–Trinajstić information content (AvgIpc) is 2.99. The van der Waals surface area contributed by atoms with Crippen molar-refractivity contribution in [2.24, 2.45) is 7.05 Å². The fraction of sp³-hybridized carbons (Fsp3) is 0.125. The molecule has 1 atom stereocenters. The zero-order valence-corrected chi connectivity index (χ0v) is 12.8. The molecule has 0 saturated heterocycles. The molecule has 8 heteroatoms. The van der Waals surface area contributed by atoms with E-state index in [2.05, 4.69) is 20.3 Å². The number of nitrogens with two attached hydrogens (primary N) is 1. The number of nitrogens with zero attached hydrogens (tertiary/aromatic N) is 4. The summed E-state index contributed by atoms with van der Waals surface area (Å²) in [5, 5.41) is 2.83. The van der Waals surface area contributed by atoms with Gasteiger partial charge in [-0.25, -0.2) is 19.3 Å². The van der Waals surface area contributed by atoms with Gasteiger partial charge in [0.05, 0.1) is 0 Å². The van der Waals surface area contributed by atoms with Gasteiger partial charge < -0.3 is 15.6 Å². The Bertz CT molecular complexity index is 861. The standard InChI is InChI=1S/C16H15FN6O/c1-23-9-8-21-15(23)12(10-2-4-11(17)5-3-10)22-16(24)13-14(18)20-7-6-19-13/h2-9,12H,1H3,(H2,18,20)(H,22,24). The van der Waals surface area contributed by atoms with Crippen molar-refractivity contribution < 1.29 is 9.18 Å². The molecule has 0 radical (unpaired) electrons. The van der Waals surface area contributed by atoms with Gasteiger partial charge in [-0.1, -0.05) is 12.1 Å². The van der Waals surface area contributed by atoms with E-state index < -0.39 is 11.9 Å². The van der Waals surface area contributed by atoms with E-state index in [0.717, 1.165) is 0 Å². The molecule has 1 unspecified atom stereocenters. The van der Waals surface area contributed by atoms with E-state index >= 15 is 0 Å². The van der Waals surface area contributed by atoms with Crippen LogP contribution in [0.4, 0.5) is 10.2 Å². The number of aryl methyl sites for hydroxylation is 1. The molecule has 7 nitrogen and oxygen atoms in total. The van der Waals surface area contributed by atoms with Gasteiger partial charge in [0.25, 0.3) is 5.91 Å². The fourth-order valence-electron chi connectivity index (χ4n) is 2.33. The van der Waals surface area contributed by atoms with Crippen LogP contribution < -0.4 is 11.1 Å². The van der Waals surface area contributed by atoms with Crippen LogP contribution in [0.5, 0.6) is 0 Å². The van der Waals surface area contributed by atoms with Crippen LogP contribution in [0.2, 0.25) is 0 Å². The van der Waals surface area contributed by atoms with E-state index in [0.29, 0.717) is 11.4 Å². The number of nitrogens with one attached hydrogen (secondary N) is 1. The first-order chi connectivity index (χ1) is 11.6. The maximum atomic E-state index is 13.2. The first kappa shape index (κ1) is 15.6. The Hall–Kier alpha value is -3.29. The Kier molecular flexibility index (Phi) is 4.19. The monoisotopic (exact) mass is 326 g/mol. The van der Waals surface area contributed by atoms with Crippen molar-refractivity contribution in [3.05, 3.63) is 72.0 Å². The third-order valence-corrected chi connectivity index (χ3v) is 3.54. The summed E-state index contributed by atoms with van der Waals surface area (Å²) in [6.45, 7) is 0. The Morgan fingerprint density at radius 3 is 2.50 bits per heavy atom. The highest BCUT2D eigenvalue weighted by Gasteiger charge is 2.23. The number of nitrogen functional groups attached to an aromatic ring is 1. The summed E-state index contributed by atoms with van der Waals surface area (Å²) in [6, 6.07) is 5.26. The second-order valence-corrected chi connectivity index (χ2v) is 5.14. The summed E-state index contributed by atoms with van der Waals surface area (Å²) in [6.07, 6.45) is 6.17. The van der Waals surface area contributed by atoms with Crippen molar-refractivity contribution in [2.45, 2.75) is 6.04 Å². The maximum absolute atomic E-state index is 13.2. The largest absolute Gasteiger partial charge is 0.382 e. The van der Waals surface area contributed by atoms with Crippen molar-refractivity contribution in [2.75, 3.05) is 5.73 Å². The predicted octanol–water partition coefficient (Wildman–Crippen LogP) is 1.45.